The number of amides is 1. The molecule has 5 rings (SSSR count). The minimum Gasteiger partial charge on any atom is -0.492 e. The van der Waals surface area contributed by atoms with Gasteiger partial charge in [-0.05, 0) is 60.9 Å². The molecule has 1 aliphatic heterocycles. The van der Waals surface area contributed by atoms with Gasteiger partial charge < -0.3 is 9.47 Å². The van der Waals surface area contributed by atoms with Gasteiger partial charge in [-0.15, -0.1) is 0 Å². The van der Waals surface area contributed by atoms with Crippen LogP contribution >= 0.6 is 11.8 Å². The summed E-state index contributed by atoms with van der Waals surface area (Å²) in [6.45, 7) is 0.198. The third-order valence-electron chi connectivity index (χ3n) is 7.14. The number of ether oxygens (including phenoxy) is 2. The molecule has 40 heavy (non-hydrogen) atoms. The third-order valence-corrected chi connectivity index (χ3v) is 9.49. The maximum atomic E-state index is 13.7. The van der Waals surface area contributed by atoms with Crippen LogP contribution in [0.25, 0.3) is 0 Å². The SMILES string of the molecule is COc1c(OCc2ccc(S(C)(=O)=O)cc2)cccc1C1SC(c2ccc(F)cc2)=NN1C(=O)C1CCCCC1. The Bertz CT molecular complexity index is 1500. The van der Waals surface area contributed by atoms with Crippen molar-refractivity contribution in [2.24, 2.45) is 11.0 Å². The zero-order valence-electron chi connectivity index (χ0n) is 22.4. The normalized spacial score (nSPS) is 17.9. The fraction of sp³-hybridized carbons (Fsp3) is 0.333. The Kier molecular flexibility index (Phi) is 8.46. The number of thioether (sulfide) groups is 1. The van der Waals surface area contributed by atoms with E-state index < -0.39 is 15.2 Å². The van der Waals surface area contributed by atoms with Gasteiger partial charge in [0.1, 0.15) is 22.8 Å². The summed E-state index contributed by atoms with van der Waals surface area (Å²) >= 11 is 1.42. The molecule has 7 nitrogen and oxygen atoms in total. The van der Waals surface area contributed by atoms with Gasteiger partial charge in [0.2, 0.25) is 5.91 Å². The van der Waals surface area contributed by atoms with Crippen molar-refractivity contribution in [2.45, 2.75) is 49.0 Å². The Morgan fingerprint density at radius 3 is 2.38 bits per heavy atom. The van der Waals surface area contributed by atoms with Gasteiger partial charge in [-0.3, -0.25) is 4.79 Å². The molecule has 0 bridgehead atoms. The van der Waals surface area contributed by atoms with Crippen LogP contribution in [0.4, 0.5) is 4.39 Å². The lowest BCUT2D eigenvalue weighted by Gasteiger charge is -2.28. The van der Waals surface area contributed by atoms with Crippen LogP contribution in [0.5, 0.6) is 11.5 Å². The van der Waals surface area contributed by atoms with E-state index in [-0.39, 0.29) is 29.1 Å². The second-order valence-corrected chi connectivity index (χ2v) is 13.1. The summed E-state index contributed by atoms with van der Waals surface area (Å²) in [4.78, 5) is 14.0. The third kappa shape index (κ3) is 6.18. The molecule has 1 amide bonds. The topological polar surface area (TPSA) is 85.3 Å². The number of methoxy groups -OCH3 is 1. The Balaban J connectivity index is 1.43. The summed E-state index contributed by atoms with van der Waals surface area (Å²) < 4.78 is 49.1. The highest BCUT2D eigenvalue weighted by Gasteiger charge is 2.39. The number of nitrogens with zero attached hydrogens (tertiary/aromatic N) is 2. The van der Waals surface area contributed by atoms with E-state index in [4.69, 9.17) is 14.6 Å². The van der Waals surface area contributed by atoms with Crippen LogP contribution in [0.1, 0.15) is 54.2 Å². The van der Waals surface area contributed by atoms with Gasteiger partial charge in [0.05, 0.1) is 12.0 Å². The monoisotopic (exact) mass is 582 g/mol. The van der Waals surface area contributed by atoms with Crippen molar-refractivity contribution in [3.63, 3.8) is 0 Å². The first-order valence-electron chi connectivity index (χ1n) is 13.2. The van der Waals surface area contributed by atoms with Crippen molar-refractivity contribution < 1.29 is 27.1 Å². The molecule has 0 spiro atoms. The maximum Gasteiger partial charge on any atom is 0.247 e. The van der Waals surface area contributed by atoms with Gasteiger partial charge in [-0.1, -0.05) is 55.3 Å². The zero-order valence-corrected chi connectivity index (χ0v) is 24.0. The highest BCUT2D eigenvalue weighted by molar-refractivity contribution is 8.14. The van der Waals surface area contributed by atoms with Crippen molar-refractivity contribution in [2.75, 3.05) is 13.4 Å². The number of hydrogen-bond acceptors (Lipinski definition) is 7. The largest absolute Gasteiger partial charge is 0.492 e. The Morgan fingerprint density at radius 2 is 1.73 bits per heavy atom. The van der Waals surface area contributed by atoms with E-state index in [1.165, 1.54) is 30.2 Å². The number of carbonyl (C=O) groups excluding carboxylic acids is 1. The minimum absolute atomic E-state index is 0.0198. The average molecular weight is 583 g/mol. The number of hydrogen-bond donors (Lipinski definition) is 0. The fourth-order valence-corrected chi connectivity index (χ4v) is 6.81. The first-order valence-corrected chi connectivity index (χ1v) is 15.9. The second-order valence-electron chi connectivity index (χ2n) is 9.98. The number of benzene rings is 3. The first kappa shape index (κ1) is 28.2. The molecule has 0 radical (unpaired) electrons. The number of rotatable bonds is 8. The highest BCUT2D eigenvalue weighted by Crippen LogP contribution is 2.48. The van der Waals surface area contributed by atoms with Crippen LogP contribution in [0.15, 0.2) is 76.7 Å². The van der Waals surface area contributed by atoms with Crippen molar-refractivity contribution in [3.05, 3.63) is 89.2 Å². The van der Waals surface area contributed by atoms with Gasteiger partial charge >= 0.3 is 0 Å². The Morgan fingerprint density at radius 1 is 1.02 bits per heavy atom. The molecule has 1 atom stereocenters. The highest BCUT2D eigenvalue weighted by atomic mass is 32.2. The molecule has 1 fully saturated rings. The lowest BCUT2D eigenvalue weighted by Crippen LogP contribution is -2.33. The lowest BCUT2D eigenvalue weighted by molar-refractivity contribution is -0.137. The molecule has 0 aromatic heterocycles. The van der Waals surface area contributed by atoms with Crippen LogP contribution in [0.3, 0.4) is 0 Å². The molecule has 3 aromatic carbocycles. The molecule has 1 aliphatic carbocycles. The predicted octanol–water partition coefficient (Wildman–Crippen LogP) is 6.33. The Hall–Kier alpha value is -3.37. The van der Waals surface area contributed by atoms with E-state index in [2.05, 4.69) is 0 Å². The molecule has 1 unspecified atom stereocenters. The van der Waals surface area contributed by atoms with Gasteiger partial charge in [-0.25, -0.2) is 17.8 Å². The standard InChI is InChI=1S/C30H31FN2O5S2/c1-37-27-25(9-6-10-26(27)38-19-20-11-17-24(18-12-20)40(2,35)36)30-33(29(34)22-7-4-3-5-8-22)32-28(39-30)21-13-15-23(31)16-14-21/h6,9-18,22,30H,3-5,7-8,19H2,1-2H3. The van der Waals surface area contributed by atoms with Crippen LogP contribution in [0.2, 0.25) is 0 Å². The number of sulfone groups is 1. The molecule has 2 aliphatic rings. The molecule has 210 valence electrons. The van der Waals surface area contributed by atoms with Crippen LogP contribution in [-0.2, 0) is 21.2 Å². The first-order chi connectivity index (χ1) is 19.2. The van der Waals surface area contributed by atoms with Gasteiger partial charge in [0, 0.05) is 23.3 Å². The summed E-state index contributed by atoms with van der Waals surface area (Å²) in [5.41, 5.74) is 2.27. The van der Waals surface area contributed by atoms with Gasteiger partial charge in [-0.2, -0.15) is 5.10 Å². The molecule has 1 heterocycles. The van der Waals surface area contributed by atoms with E-state index >= 15 is 0 Å². The van der Waals surface area contributed by atoms with E-state index in [0.717, 1.165) is 48.8 Å². The second kappa shape index (κ2) is 12.0. The number of halogens is 1. The maximum absolute atomic E-state index is 13.7. The number of carbonyl (C=O) groups is 1. The molecule has 3 aromatic rings. The van der Waals surface area contributed by atoms with Crippen molar-refractivity contribution in [1.29, 1.82) is 0 Å². The summed E-state index contributed by atoms with van der Waals surface area (Å²) in [5, 5.41) is 6.45. The molecule has 0 saturated heterocycles. The summed E-state index contributed by atoms with van der Waals surface area (Å²) in [6.07, 6.45) is 6.03. The van der Waals surface area contributed by atoms with Crippen LogP contribution in [0, 0.1) is 11.7 Å². The number of hydrazone groups is 1. The predicted molar refractivity (Wildman–Crippen MR) is 154 cm³/mol. The molecule has 10 heteroatoms. The lowest BCUT2D eigenvalue weighted by atomic mass is 9.88. The average Bonchev–Trinajstić information content (AvgIpc) is 3.41. The zero-order chi connectivity index (χ0) is 28.3. The van der Waals surface area contributed by atoms with Gasteiger partial charge in [0.25, 0.3) is 0 Å². The molecule has 1 saturated carbocycles. The molecular weight excluding hydrogens is 551 g/mol. The summed E-state index contributed by atoms with van der Waals surface area (Å²) in [7, 11) is -1.73. The van der Waals surface area contributed by atoms with E-state index in [1.54, 1.807) is 54.6 Å². The molecular formula is C30H31FN2O5S2. The van der Waals surface area contributed by atoms with Crippen LogP contribution < -0.4 is 9.47 Å². The summed E-state index contributed by atoms with van der Waals surface area (Å²) in [6, 6.07) is 18.2. The summed E-state index contributed by atoms with van der Waals surface area (Å²) in [5.74, 6) is 0.538. The molecule has 0 N–H and O–H groups in total. The van der Waals surface area contributed by atoms with Crippen molar-refractivity contribution in [1.82, 2.24) is 5.01 Å². The van der Waals surface area contributed by atoms with E-state index in [1.807, 2.05) is 12.1 Å². The van der Waals surface area contributed by atoms with E-state index in [9.17, 15) is 17.6 Å². The van der Waals surface area contributed by atoms with Crippen molar-refractivity contribution in [3.8, 4) is 11.5 Å². The van der Waals surface area contributed by atoms with Crippen molar-refractivity contribution >= 4 is 32.6 Å². The van der Waals surface area contributed by atoms with Crippen LogP contribution in [-0.4, -0.2) is 37.7 Å². The van der Waals surface area contributed by atoms with E-state index in [0.29, 0.717) is 16.5 Å². The minimum atomic E-state index is -3.28. The quantitative estimate of drug-likeness (QED) is 0.309. The van der Waals surface area contributed by atoms with Gasteiger partial charge in [0.15, 0.2) is 21.3 Å². The number of para-hydroxylation sites is 1. The Labute approximate surface area is 238 Å². The smallest absolute Gasteiger partial charge is 0.247 e. The fourth-order valence-electron chi connectivity index (χ4n) is 5.00.